The smallest absolute Gasteiger partial charge is 0.152 e. The molecule has 1 aromatic carbocycles. The van der Waals surface area contributed by atoms with Crippen LogP contribution in [0.5, 0.6) is 0 Å². The number of hydrogen-bond donors (Lipinski definition) is 1. The summed E-state index contributed by atoms with van der Waals surface area (Å²) in [5, 5.41) is 5.10. The Labute approximate surface area is 128 Å². The molecule has 4 heteroatoms. The van der Waals surface area contributed by atoms with Crippen molar-refractivity contribution < 1.29 is 8.83 Å². The van der Waals surface area contributed by atoms with Gasteiger partial charge in [0.1, 0.15) is 17.3 Å². The van der Waals surface area contributed by atoms with Crippen LogP contribution < -0.4 is 5.32 Å². The minimum Gasteiger partial charge on any atom is -0.466 e. The van der Waals surface area contributed by atoms with E-state index in [0.29, 0.717) is 5.02 Å². The molecule has 3 nitrogen and oxygen atoms in total. The monoisotopic (exact) mass is 303 g/mol. The molecule has 2 aromatic heterocycles. The van der Waals surface area contributed by atoms with Gasteiger partial charge < -0.3 is 14.2 Å². The predicted molar refractivity (Wildman–Crippen MR) is 84.9 cm³/mol. The second-order valence-electron chi connectivity index (χ2n) is 5.17. The molecule has 0 aliphatic carbocycles. The summed E-state index contributed by atoms with van der Waals surface area (Å²) in [7, 11) is 0. The molecule has 0 amide bonds. The highest BCUT2D eigenvalue weighted by Crippen LogP contribution is 2.33. The largest absolute Gasteiger partial charge is 0.466 e. The van der Waals surface area contributed by atoms with Crippen molar-refractivity contribution in [1.82, 2.24) is 5.32 Å². The summed E-state index contributed by atoms with van der Waals surface area (Å²) in [6.45, 7) is 6.83. The van der Waals surface area contributed by atoms with Crippen LogP contribution >= 0.6 is 11.6 Å². The van der Waals surface area contributed by atoms with Crippen LogP contribution in [0.3, 0.4) is 0 Å². The van der Waals surface area contributed by atoms with Crippen LogP contribution in [0.1, 0.15) is 35.8 Å². The van der Waals surface area contributed by atoms with Gasteiger partial charge in [0.25, 0.3) is 0 Å². The van der Waals surface area contributed by atoms with Crippen molar-refractivity contribution in [2.45, 2.75) is 26.8 Å². The highest BCUT2D eigenvalue weighted by atomic mass is 35.5. The van der Waals surface area contributed by atoms with Crippen molar-refractivity contribution >= 4 is 22.6 Å². The first kappa shape index (κ1) is 14.2. The molecule has 1 unspecified atom stereocenters. The average molecular weight is 304 g/mol. The van der Waals surface area contributed by atoms with Crippen LogP contribution in [0.15, 0.2) is 39.2 Å². The van der Waals surface area contributed by atoms with Crippen molar-refractivity contribution in [2.24, 2.45) is 0 Å². The van der Waals surface area contributed by atoms with Crippen molar-refractivity contribution in [1.29, 1.82) is 0 Å². The maximum atomic E-state index is 6.20. The van der Waals surface area contributed by atoms with E-state index in [4.69, 9.17) is 20.4 Å². The number of hydrogen-bond acceptors (Lipinski definition) is 3. The third-order valence-electron chi connectivity index (χ3n) is 3.60. The van der Waals surface area contributed by atoms with Crippen LogP contribution in [0.2, 0.25) is 5.02 Å². The normalized spacial score (nSPS) is 13.0. The van der Waals surface area contributed by atoms with Gasteiger partial charge in [0.15, 0.2) is 5.58 Å². The van der Waals surface area contributed by atoms with E-state index in [9.17, 15) is 0 Å². The fourth-order valence-corrected chi connectivity index (χ4v) is 2.92. The van der Waals surface area contributed by atoms with E-state index in [1.807, 2.05) is 38.1 Å². The zero-order valence-electron chi connectivity index (χ0n) is 12.4. The third-order valence-corrected chi connectivity index (χ3v) is 3.90. The van der Waals surface area contributed by atoms with Crippen LogP contribution in [-0.2, 0) is 0 Å². The molecule has 0 aliphatic rings. The molecule has 1 N–H and O–H groups in total. The van der Waals surface area contributed by atoms with E-state index < -0.39 is 0 Å². The highest BCUT2D eigenvalue weighted by molar-refractivity contribution is 6.34. The molecule has 0 fully saturated rings. The average Bonchev–Trinajstić information content (AvgIpc) is 3.00. The minimum atomic E-state index is -0.0316. The van der Waals surface area contributed by atoms with Crippen molar-refractivity contribution in [3.8, 4) is 0 Å². The Balaban J connectivity index is 2.11. The lowest BCUT2D eigenvalue weighted by molar-refractivity contribution is 0.461. The van der Waals surface area contributed by atoms with Gasteiger partial charge in [-0.1, -0.05) is 30.7 Å². The van der Waals surface area contributed by atoms with E-state index in [-0.39, 0.29) is 6.04 Å². The van der Waals surface area contributed by atoms with Crippen LogP contribution in [0.4, 0.5) is 0 Å². The maximum absolute atomic E-state index is 6.20. The van der Waals surface area contributed by atoms with Crippen molar-refractivity contribution in [2.75, 3.05) is 6.54 Å². The molecule has 0 aliphatic heterocycles. The predicted octanol–water partition coefficient (Wildman–Crippen LogP) is 4.99. The quantitative estimate of drug-likeness (QED) is 0.737. The first-order chi connectivity index (χ1) is 10.1. The topological polar surface area (TPSA) is 38.3 Å². The Hall–Kier alpha value is -1.71. The fraction of sp³-hybridized carbons (Fsp3) is 0.294. The minimum absolute atomic E-state index is 0.0316. The second-order valence-corrected chi connectivity index (χ2v) is 5.57. The summed E-state index contributed by atoms with van der Waals surface area (Å²) >= 11 is 6.20. The van der Waals surface area contributed by atoms with Gasteiger partial charge in [-0.05, 0) is 38.6 Å². The molecule has 21 heavy (non-hydrogen) atoms. The third kappa shape index (κ3) is 2.59. The van der Waals surface area contributed by atoms with Gasteiger partial charge in [-0.3, -0.25) is 0 Å². The molecular weight excluding hydrogens is 286 g/mol. The summed E-state index contributed by atoms with van der Waals surface area (Å²) in [6.07, 6.45) is 0. The summed E-state index contributed by atoms with van der Waals surface area (Å²) < 4.78 is 11.6. The summed E-state index contributed by atoms with van der Waals surface area (Å²) in [6, 6.07) is 9.83. The number of nitrogens with one attached hydrogen (secondary N) is 1. The van der Waals surface area contributed by atoms with E-state index in [1.165, 1.54) is 0 Å². The van der Waals surface area contributed by atoms with E-state index in [0.717, 1.165) is 40.4 Å². The van der Waals surface area contributed by atoms with E-state index in [2.05, 4.69) is 18.3 Å². The molecule has 110 valence electrons. The van der Waals surface area contributed by atoms with Gasteiger partial charge >= 0.3 is 0 Å². The molecule has 3 rings (SSSR count). The van der Waals surface area contributed by atoms with Gasteiger partial charge in [0.05, 0.1) is 11.1 Å². The van der Waals surface area contributed by atoms with E-state index >= 15 is 0 Å². The number of aryl methyl sites for hydroxylation is 2. The summed E-state index contributed by atoms with van der Waals surface area (Å²) in [5.41, 5.74) is 1.83. The summed E-state index contributed by atoms with van der Waals surface area (Å²) in [5.74, 6) is 2.66. The number of para-hydroxylation sites is 1. The number of halogens is 1. The Bertz CT molecular complexity index is 772. The molecule has 0 saturated carbocycles. The SMILES string of the molecule is CCNC(c1cc2cccc(Cl)c2o1)c1cc(C)oc1C. The zero-order valence-corrected chi connectivity index (χ0v) is 13.1. The first-order valence-corrected chi connectivity index (χ1v) is 7.46. The number of rotatable bonds is 4. The Morgan fingerprint density at radius 2 is 2.00 bits per heavy atom. The van der Waals surface area contributed by atoms with Gasteiger partial charge in [0.2, 0.25) is 0 Å². The van der Waals surface area contributed by atoms with Crippen LogP contribution in [0.25, 0.3) is 11.0 Å². The molecule has 1 atom stereocenters. The number of furan rings is 2. The lowest BCUT2D eigenvalue weighted by atomic mass is 10.0. The lowest BCUT2D eigenvalue weighted by Crippen LogP contribution is -2.21. The van der Waals surface area contributed by atoms with Crippen molar-refractivity contribution in [3.63, 3.8) is 0 Å². The maximum Gasteiger partial charge on any atom is 0.152 e. The number of benzene rings is 1. The van der Waals surface area contributed by atoms with Gasteiger partial charge in [0, 0.05) is 10.9 Å². The molecular formula is C17H18ClNO2. The fourth-order valence-electron chi connectivity index (χ4n) is 2.69. The Morgan fingerprint density at radius 3 is 2.62 bits per heavy atom. The second kappa shape index (κ2) is 5.58. The molecule has 0 bridgehead atoms. The Morgan fingerprint density at radius 1 is 1.19 bits per heavy atom. The molecule has 0 radical (unpaired) electrons. The molecule has 0 spiro atoms. The number of fused-ring (bicyclic) bond motifs is 1. The standard InChI is InChI=1S/C17H18ClNO2/c1-4-19-16(13-8-10(2)20-11(13)3)15-9-12-6-5-7-14(18)17(12)21-15/h5-9,16,19H,4H2,1-3H3. The Kier molecular flexibility index (Phi) is 3.79. The van der Waals surface area contributed by atoms with Gasteiger partial charge in [-0.15, -0.1) is 0 Å². The van der Waals surface area contributed by atoms with Gasteiger partial charge in [-0.2, -0.15) is 0 Å². The van der Waals surface area contributed by atoms with Crippen LogP contribution in [-0.4, -0.2) is 6.54 Å². The molecule has 2 heterocycles. The van der Waals surface area contributed by atoms with E-state index in [1.54, 1.807) is 0 Å². The highest BCUT2D eigenvalue weighted by Gasteiger charge is 2.22. The van der Waals surface area contributed by atoms with Gasteiger partial charge in [-0.25, -0.2) is 0 Å². The van der Waals surface area contributed by atoms with Crippen molar-refractivity contribution in [3.05, 3.63) is 58.2 Å². The first-order valence-electron chi connectivity index (χ1n) is 7.08. The summed E-state index contributed by atoms with van der Waals surface area (Å²) in [4.78, 5) is 0. The lowest BCUT2D eigenvalue weighted by Gasteiger charge is -2.14. The molecule has 3 aromatic rings. The molecule has 0 saturated heterocycles. The zero-order chi connectivity index (χ0) is 15.0. The van der Waals surface area contributed by atoms with Crippen LogP contribution in [0, 0.1) is 13.8 Å².